The summed E-state index contributed by atoms with van der Waals surface area (Å²) >= 11 is 0. The number of furan rings is 1. The Labute approximate surface area is 235 Å². The number of rotatable bonds is 5. The predicted octanol–water partition coefficient (Wildman–Crippen LogP) is 5.37. The van der Waals surface area contributed by atoms with Crippen LogP contribution < -0.4 is 15.0 Å². The van der Waals surface area contributed by atoms with E-state index in [-0.39, 0.29) is 23.9 Å². The highest BCUT2D eigenvalue weighted by Crippen LogP contribution is 2.55. The molecule has 1 atom stereocenters. The van der Waals surface area contributed by atoms with Crippen LogP contribution in [-0.2, 0) is 13.0 Å². The van der Waals surface area contributed by atoms with Crippen molar-refractivity contribution in [3.05, 3.63) is 68.3 Å². The van der Waals surface area contributed by atoms with Gasteiger partial charge in [-0.25, -0.2) is 0 Å². The van der Waals surface area contributed by atoms with E-state index in [1.165, 1.54) is 0 Å². The molecule has 1 N–H and O–H groups in total. The first kappa shape index (κ1) is 26.7. The van der Waals surface area contributed by atoms with Crippen molar-refractivity contribution in [2.24, 2.45) is 5.92 Å². The number of hydrogen-bond acceptors (Lipinski definition) is 6. The number of nitrogens with one attached hydrogen (secondary N) is 1. The Morgan fingerprint density at radius 1 is 1.05 bits per heavy atom. The maximum atomic E-state index is 14.1. The number of aryl methyl sites for hydroxylation is 2. The molecular formula is C32H39N3O5. The summed E-state index contributed by atoms with van der Waals surface area (Å²) in [7, 11) is 4.29. The van der Waals surface area contributed by atoms with Crippen molar-refractivity contribution in [3.63, 3.8) is 0 Å². The Kier molecular flexibility index (Phi) is 6.56. The first-order chi connectivity index (χ1) is 19.1. The number of fused-ring (bicyclic) bond motifs is 2. The van der Waals surface area contributed by atoms with Crippen LogP contribution in [0.15, 0.2) is 33.7 Å². The summed E-state index contributed by atoms with van der Waals surface area (Å²) < 4.78 is 19.4. The third kappa shape index (κ3) is 4.33. The van der Waals surface area contributed by atoms with Gasteiger partial charge in [-0.3, -0.25) is 9.59 Å². The van der Waals surface area contributed by atoms with E-state index in [0.717, 1.165) is 53.6 Å². The Bertz CT molecular complexity index is 1510. The van der Waals surface area contributed by atoms with E-state index in [9.17, 15) is 9.59 Å². The first-order valence-electron chi connectivity index (χ1n) is 14.3. The van der Waals surface area contributed by atoms with Crippen LogP contribution in [0.4, 0.5) is 0 Å². The number of carbonyl (C=O) groups excluding carboxylic acids is 1. The summed E-state index contributed by atoms with van der Waals surface area (Å²) in [4.78, 5) is 33.8. The van der Waals surface area contributed by atoms with Crippen LogP contribution in [0.1, 0.15) is 70.9 Å². The molecule has 1 fully saturated rings. The van der Waals surface area contributed by atoms with Gasteiger partial charge in [0.05, 0.1) is 23.9 Å². The van der Waals surface area contributed by atoms with Crippen molar-refractivity contribution < 1.29 is 18.7 Å². The largest absolute Gasteiger partial charge is 0.464 e. The number of aromatic amines is 1. The number of nitrogens with zero attached hydrogens (tertiary/aromatic N) is 2. The molecule has 3 aromatic rings. The van der Waals surface area contributed by atoms with E-state index >= 15 is 0 Å². The Balaban J connectivity index is 1.38. The second-order valence-electron chi connectivity index (χ2n) is 12.1. The second-order valence-corrected chi connectivity index (χ2v) is 12.1. The third-order valence-corrected chi connectivity index (χ3v) is 9.27. The van der Waals surface area contributed by atoms with Gasteiger partial charge in [0.2, 0.25) is 0 Å². The fraction of sp³-hybridized carbons (Fsp3) is 0.500. The Morgan fingerprint density at radius 3 is 2.42 bits per heavy atom. The Hall–Kier alpha value is -3.52. The predicted molar refractivity (Wildman–Crippen MR) is 153 cm³/mol. The van der Waals surface area contributed by atoms with Gasteiger partial charge >= 0.3 is 0 Å². The van der Waals surface area contributed by atoms with Crippen molar-refractivity contribution in [1.29, 1.82) is 0 Å². The van der Waals surface area contributed by atoms with E-state index in [1.54, 1.807) is 11.2 Å². The number of carbonyl (C=O) groups is 1. The molecule has 8 heteroatoms. The van der Waals surface area contributed by atoms with Crippen LogP contribution in [0.5, 0.6) is 11.5 Å². The van der Waals surface area contributed by atoms with Crippen LogP contribution in [0.25, 0.3) is 11.3 Å². The monoisotopic (exact) mass is 545 g/mol. The zero-order valence-electron chi connectivity index (χ0n) is 24.3. The van der Waals surface area contributed by atoms with Crippen LogP contribution in [0.3, 0.4) is 0 Å². The molecule has 0 saturated heterocycles. The minimum Gasteiger partial charge on any atom is -0.464 e. The smallest absolute Gasteiger partial charge is 0.254 e. The summed E-state index contributed by atoms with van der Waals surface area (Å²) in [5.74, 6) is 1.30. The van der Waals surface area contributed by atoms with Gasteiger partial charge in [-0.05, 0) is 96.3 Å². The van der Waals surface area contributed by atoms with E-state index in [0.29, 0.717) is 47.4 Å². The molecule has 0 radical (unpaired) electrons. The SMILES string of the molecule is Cc1cc(C)c(CN2CCc3c(c(C)c4c(c3-c3ccco3)O[C@](C)(C3CCC(N(C)C)CC3)O4)C2=O)c(=O)[nH]1. The van der Waals surface area contributed by atoms with E-state index in [2.05, 4.69) is 24.0 Å². The number of pyridine rings is 1. The van der Waals surface area contributed by atoms with Gasteiger partial charge in [0.25, 0.3) is 17.3 Å². The molecule has 0 unspecified atom stereocenters. The number of hydrogen-bond donors (Lipinski definition) is 1. The van der Waals surface area contributed by atoms with Gasteiger partial charge in [0.15, 0.2) is 11.5 Å². The lowest BCUT2D eigenvalue weighted by atomic mass is 9.81. The van der Waals surface area contributed by atoms with Crippen LogP contribution in [0.2, 0.25) is 0 Å². The molecule has 1 amide bonds. The standard InChI is InChI=1S/C32H39N3O5/c1-18-16-19(2)33-30(36)24(18)17-35-14-13-23-26(31(35)37)20(3)28-29(27(23)25-8-7-15-38-25)40-32(4,39-28)21-9-11-22(12-10-21)34(5)6/h7-8,15-16,21-22H,9-14,17H2,1-6H3,(H,33,36)/t21?,22?,32-/m1/s1. The molecular weight excluding hydrogens is 506 g/mol. The highest BCUT2D eigenvalue weighted by Gasteiger charge is 2.49. The number of H-pyrrole nitrogens is 1. The number of amides is 1. The zero-order chi connectivity index (χ0) is 28.3. The van der Waals surface area contributed by atoms with Gasteiger partial charge in [0.1, 0.15) is 5.76 Å². The number of aromatic nitrogens is 1. The quantitative estimate of drug-likeness (QED) is 0.464. The summed E-state index contributed by atoms with van der Waals surface area (Å²) in [6.07, 6.45) is 6.50. The van der Waals surface area contributed by atoms with Crippen molar-refractivity contribution in [2.75, 3.05) is 20.6 Å². The van der Waals surface area contributed by atoms with Gasteiger partial charge in [0, 0.05) is 42.2 Å². The highest BCUT2D eigenvalue weighted by atomic mass is 16.7. The molecule has 1 aromatic carbocycles. The molecule has 4 heterocycles. The topological polar surface area (TPSA) is 88.0 Å². The summed E-state index contributed by atoms with van der Waals surface area (Å²) in [6.45, 7) is 8.54. The molecule has 212 valence electrons. The molecule has 2 aromatic heterocycles. The average molecular weight is 546 g/mol. The van der Waals surface area contributed by atoms with Crippen molar-refractivity contribution >= 4 is 5.91 Å². The highest BCUT2D eigenvalue weighted by molar-refractivity contribution is 6.02. The van der Waals surface area contributed by atoms with Gasteiger partial charge in [-0.2, -0.15) is 0 Å². The zero-order valence-corrected chi connectivity index (χ0v) is 24.3. The molecule has 40 heavy (non-hydrogen) atoms. The van der Waals surface area contributed by atoms with E-state index < -0.39 is 5.79 Å². The fourth-order valence-electron chi connectivity index (χ4n) is 6.96. The molecule has 0 spiro atoms. The third-order valence-electron chi connectivity index (χ3n) is 9.27. The molecule has 1 saturated carbocycles. The van der Waals surface area contributed by atoms with Crippen LogP contribution >= 0.6 is 0 Å². The molecule has 8 nitrogen and oxygen atoms in total. The van der Waals surface area contributed by atoms with Gasteiger partial charge in [-0.15, -0.1) is 0 Å². The maximum Gasteiger partial charge on any atom is 0.254 e. The lowest BCUT2D eigenvalue weighted by molar-refractivity contribution is -0.123. The van der Waals surface area contributed by atoms with Gasteiger partial charge in [-0.1, -0.05) is 0 Å². The Morgan fingerprint density at radius 2 is 1.77 bits per heavy atom. The minimum atomic E-state index is -0.815. The maximum absolute atomic E-state index is 14.1. The van der Waals surface area contributed by atoms with Crippen molar-refractivity contribution in [1.82, 2.24) is 14.8 Å². The second kappa shape index (κ2) is 9.84. The molecule has 3 aliphatic rings. The lowest BCUT2D eigenvalue weighted by Gasteiger charge is -2.39. The van der Waals surface area contributed by atoms with Gasteiger partial charge < -0.3 is 28.7 Å². The van der Waals surface area contributed by atoms with Crippen molar-refractivity contribution in [2.45, 2.75) is 78.2 Å². The summed E-state index contributed by atoms with van der Waals surface area (Å²) in [5, 5.41) is 0. The molecule has 1 aliphatic carbocycles. The normalized spacial score (nSPS) is 24.1. The van der Waals surface area contributed by atoms with E-state index in [4.69, 9.17) is 13.9 Å². The van der Waals surface area contributed by atoms with Crippen LogP contribution in [0, 0.1) is 26.7 Å². The van der Waals surface area contributed by atoms with Crippen LogP contribution in [-0.4, -0.2) is 53.2 Å². The molecule has 0 bridgehead atoms. The minimum absolute atomic E-state index is 0.0996. The first-order valence-corrected chi connectivity index (χ1v) is 14.3. The molecule has 2 aliphatic heterocycles. The average Bonchev–Trinajstić information content (AvgIpc) is 3.56. The van der Waals surface area contributed by atoms with E-state index in [1.807, 2.05) is 45.9 Å². The summed E-state index contributed by atoms with van der Waals surface area (Å²) in [5.41, 5.74) is 5.32. The lowest BCUT2D eigenvalue weighted by Crippen LogP contribution is -2.46. The summed E-state index contributed by atoms with van der Waals surface area (Å²) in [6, 6.07) is 6.29. The number of ether oxygens (including phenoxy) is 2. The fourth-order valence-corrected chi connectivity index (χ4v) is 6.96. The van der Waals surface area contributed by atoms with Crippen molar-refractivity contribution in [3.8, 4) is 22.8 Å². The number of benzene rings is 1. The molecule has 6 rings (SSSR count).